The minimum atomic E-state index is -1.42. The smallest absolute Gasteiger partial charge is 0.252 e. The number of unbranched alkanes of at least 4 members (excludes halogenated alkanes) is 1. The quantitative estimate of drug-likeness (QED) is 0.0844. The summed E-state index contributed by atoms with van der Waals surface area (Å²) in [4.78, 5) is 73.0. The van der Waals surface area contributed by atoms with E-state index < -0.39 is 84.0 Å². The Hall–Kier alpha value is -6.37. The van der Waals surface area contributed by atoms with Gasteiger partial charge in [-0.05, 0) is 103 Å². The van der Waals surface area contributed by atoms with E-state index in [4.69, 9.17) is 24.7 Å². The van der Waals surface area contributed by atoms with Crippen molar-refractivity contribution in [3.8, 4) is 11.5 Å². The summed E-state index contributed by atoms with van der Waals surface area (Å²) in [5, 5.41) is 27.4. The molecule has 67 heavy (non-hydrogen) atoms. The summed E-state index contributed by atoms with van der Waals surface area (Å²) in [6.07, 6.45) is -2.22. The number of thiophene rings is 1. The monoisotopic (exact) mass is 932 g/mol. The molecule has 3 aliphatic rings. The lowest BCUT2D eigenvalue weighted by Gasteiger charge is -2.30. The number of rotatable bonds is 13. The Morgan fingerprint density at radius 1 is 0.642 bits per heavy atom. The van der Waals surface area contributed by atoms with E-state index in [2.05, 4.69) is 26.6 Å². The van der Waals surface area contributed by atoms with E-state index in [-0.39, 0.29) is 31.4 Å². The predicted molar refractivity (Wildman–Crippen MR) is 250 cm³/mol. The molecular formula is C50H56N6O10S. The molecule has 8 N–H and O–H groups in total. The van der Waals surface area contributed by atoms with E-state index in [0.29, 0.717) is 42.9 Å². The molecular weight excluding hydrogens is 877 g/mol. The van der Waals surface area contributed by atoms with E-state index in [9.17, 15) is 29.1 Å². The van der Waals surface area contributed by atoms with Crippen molar-refractivity contribution < 1.29 is 48.0 Å². The van der Waals surface area contributed by atoms with Crippen LogP contribution in [0, 0.1) is 0 Å². The predicted octanol–water partition coefficient (Wildman–Crippen LogP) is 3.66. The van der Waals surface area contributed by atoms with Gasteiger partial charge in [-0.2, -0.15) is 0 Å². The number of amides is 5. The first-order valence-corrected chi connectivity index (χ1v) is 23.4. The van der Waals surface area contributed by atoms with Crippen LogP contribution in [0.4, 0.5) is 0 Å². The highest BCUT2D eigenvalue weighted by molar-refractivity contribution is 7.17. The largest absolute Gasteiger partial charge is 0.508 e. The fraction of sp³-hybridized carbons (Fsp3) is 0.380. The number of nitrogens with one attached hydrogen (secondary N) is 5. The molecule has 4 aromatic carbocycles. The summed E-state index contributed by atoms with van der Waals surface area (Å²) in [6, 6.07) is 24.8. The molecule has 0 bridgehead atoms. The van der Waals surface area contributed by atoms with Gasteiger partial charge < -0.3 is 56.4 Å². The molecule has 0 spiro atoms. The highest BCUT2D eigenvalue weighted by Gasteiger charge is 2.58. The van der Waals surface area contributed by atoms with Gasteiger partial charge in [0.2, 0.25) is 23.6 Å². The zero-order valence-electron chi connectivity index (χ0n) is 37.3. The maximum atomic E-state index is 14.7. The number of carbonyl (C=O) groups excluding carboxylic acids is 5. The molecule has 1 aromatic heterocycles. The minimum Gasteiger partial charge on any atom is -0.508 e. The molecule has 5 aromatic rings. The molecule has 17 heteroatoms. The lowest BCUT2D eigenvalue weighted by Crippen LogP contribution is -2.63. The molecule has 5 amide bonds. The molecule has 8 rings (SSSR count). The second-order valence-electron chi connectivity index (χ2n) is 17.5. The molecule has 3 aliphatic heterocycles. The van der Waals surface area contributed by atoms with Gasteiger partial charge in [-0.15, -0.1) is 11.3 Å². The Morgan fingerprint density at radius 2 is 1.22 bits per heavy atom. The highest BCUT2D eigenvalue weighted by atomic mass is 32.1. The van der Waals surface area contributed by atoms with Gasteiger partial charge in [-0.25, -0.2) is 0 Å². The molecule has 16 nitrogen and oxygen atoms in total. The number of fused-ring (bicyclic) bond motifs is 4. The highest BCUT2D eigenvalue weighted by Crippen LogP contribution is 2.38. The zero-order chi connectivity index (χ0) is 47.1. The number of carbonyl (C=O) groups is 5. The van der Waals surface area contributed by atoms with E-state index in [0.717, 1.165) is 21.2 Å². The van der Waals surface area contributed by atoms with Crippen LogP contribution >= 0.6 is 11.3 Å². The first kappa shape index (κ1) is 47.1. The first-order valence-electron chi connectivity index (χ1n) is 22.5. The van der Waals surface area contributed by atoms with Crippen LogP contribution in [-0.4, -0.2) is 95.7 Å². The van der Waals surface area contributed by atoms with E-state index >= 15 is 0 Å². The van der Waals surface area contributed by atoms with Gasteiger partial charge in [-0.1, -0.05) is 72.8 Å². The van der Waals surface area contributed by atoms with Crippen molar-refractivity contribution in [2.75, 3.05) is 6.54 Å². The lowest BCUT2D eigenvalue weighted by molar-refractivity contribution is -0.208. The summed E-state index contributed by atoms with van der Waals surface area (Å²) in [5.74, 6) is -3.90. The van der Waals surface area contributed by atoms with E-state index in [1.807, 2.05) is 60.0 Å². The van der Waals surface area contributed by atoms with Crippen molar-refractivity contribution in [2.24, 2.45) is 5.73 Å². The SMILES string of the molecule is CC1(C)OC2OC3C(=O)NC(Cc4ccc(O)cc4)C(=O)N[C@@H](Cc4csc5ccccc45)C(=O)NC(CCCCN)C(=O)NC(Cc4ccc(OCc5ccccc5)cc4)C(=O)NC3C2O1. The average molecular weight is 933 g/mol. The van der Waals surface area contributed by atoms with Crippen molar-refractivity contribution in [1.29, 1.82) is 0 Å². The Labute approximate surface area is 392 Å². The van der Waals surface area contributed by atoms with Crippen molar-refractivity contribution in [3.63, 3.8) is 0 Å². The average Bonchev–Trinajstić information content (AvgIpc) is 3.97. The molecule has 0 saturated carbocycles. The van der Waals surface area contributed by atoms with Crippen LogP contribution in [0.3, 0.4) is 0 Å². The molecule has 4 heterocycles. The molecule has 3 fully saturated rings. The number of phenolic OH excluding ortho intramolecular Hbond substituents is 1. The van der Waals surface area contributed by atoms with Gasteiger partial charge in [-0.3, -0.25) is 24.0 Å². The van der Waals surface area contributed by atoms with Crippen LogP contribution in [0.2, 0.25) is 0 Å². The maximum Gasteiger partial charge on any atom is 0.252 e. The number of hydrogen-bond donors (Lipinski definition) is 7. The Kier molecular flexibility index (Phi) is 14.8. The molecule has 0 radical (unpaired) electrons. The Balaban J connectivity index is 1.14. The van der Waals surface area contributed by atoms with Gasteiger partial charge in [0, 0.05) is 24.0 Å². The van der Waals surface area contributed by atoms with Gasteiger partial charge in [0.1, 0.15) is 48.4 Å². The summed E-state index contributed by atoms with van der Waals surface area (Å²) in [6.45, 7) is 4.08. The molecule has 352 valence electrons. The van der Waals surface area contributed by atoms with Crippen LogP contribution in [-0.2, 0) is 64.1 Å². The third kappa shape index (κ3) is 11.8. The fourth-order valence-corrected chi connectivity index (χ4v) is 9.57. The van der Waals surface area contributed by atoms with Crippen molar-refractivity contribution in [3.05, 3.63) is 131 Å². The number of aromatic hydroxyl groups is 1. The van der Waals surface area contributed by atoms with Crippen LogP contribution < -0.4 is 37.1 Å². The van der Waals surface area contributed by atoms with Crippen LogP contribution in [0.25, 0.3) is 10.1 Å². The molecule has 0 aliphatic carbocycles. The minimum absolute atomic E-state index is 0.00980. The second-order valence-corrected chi connectivity index (χ2v) is 18.5. The molecule has 3 saturated heterocycles. The third-order valence-electron chi connectivity index (χ3n) is 12.1. The lowest BCUT2D eigenvalue weighted by atomic mass is 9.99. The summed E-state index contributed by atoms with van der Waals surface area (Å²) in [5.41, 5.74) is 8.93. The summed E-state index contributed by atoms with van der Waals surface area (Å²) < 4.78 is 25.4. The standard InChI is InChI=1S/C50H56N6O10S/c1-50(2)65-43-41-42(64-49(43)66-50)48(62)55-37(24-29-15-19-33(57)20-16-29)45(59)54-39(26-32-28-67-40-14-7-6-12-35(32)40)46(60)52-36(13-8-9-23-51)44(58)53-38(47(61)56-41)25-30-17-21-34(22-18-30)63-27-31-10-4-3-5-11-31/h3-7,10-12,14-22,28,36-39,41-43,49,57H,8-9,13,23-27,51H2,1-2H3,(H,52,60)(H,53,58)(H,54,59)(H,55,62)(H,56,61)/t36?,37?,38?,39-,41?,42?,43?,49?/m0/s1. The summed E-state index contributed by atoms with van der Waals surface area (Å²) >= 11 is 1.50. The second kappa shape index (κ2) is 21.1. The van der Waals surface area contributed by atoms with Gasteiger partial charge >= 0.3 is 0 Å². The number of benzene rings is 4. The Morgan fingerprint density at radius 3 is 1.91 bits per heavy atom. The van der Waals surface area contributed by atoms with Crippen molar-refractivity contribution in [1.82, 2.24) is 26.6 Å². The van der Waals surface area contributed by atoms with Crippen LogP contribution in [0.1, 0.15) is 55.4 Å². The van der Waals surface area contributed by atoms with E-state index in [1.165, 1.54) is 23.5 Å². The van der Waals surface area contributed by atoms with Gasteiger partial charge in [0.05, 0.1) is 6.04 Å². The third-order valence-corrected chi connectivity index (χ3v) is 13.1. The first-order chi connectivity index (χ1) is 32.3. The molecule has 7 unspecified atom stereocenters. The number of hydrogen-bond acceptors (Lipinski definition) is 12. The van der Waals surface area contributed by atoms with Crippen molar-refractivity contribution in [2.45, 2.75) is 113 Å². The zero-order valence-corrected chi connectivity index (χ0v) is 38.1. The van der Waals surface area contributed by atoms with Gasteiger partial charge in [0.25, 0.3) is 5.91 Å². The Bertz CT molecular complexity index is 2540. The van der Waals surface area contributed by atoms with Crippen LogP contribution in [0.5, 0.6) is 11.5 Å². The number of nitrogens with two attached hydrogens (primary N) is 1. The number of phenols is 1. The molecule has 8 atom stereocenters. The van der Waals surface area contributed by atoms with E-state index in [1.54, 1.807) is 50.2 Å². The van der Waals surface area contributed by atoms with Crippen LogP contribution in [0.15, 0.2) is 109 Å². The number of ether oxygens (including phenoxy) is 4. The van der Waals surface area contributed by atoms with Gasteiger partial charge in [0.15, 0.2) is 18.2 Å². The topological polar surface area (TPSA) is 229 Å². The van der Waals surface area contributed by atoms with Crippen molar-refractivity contribution >= 4 is 51.0 Å². The normalized spacial score (nSPS) is 25.6. The summed E-state index contributed by atoms with van der Waals surface area (Å²) in [7, 11) is 0. The maximum absolute atomic E-state index is 14.7. The fourth-order valence-electron chi connectivity index (χ4n) is 8.59.